The van der Waals surface area contributed by atoms with Gasteiger partial charge < -0.3 is 20.7 Å². The fourth-order valence-electron chi connectivity index (χ4n) is 2.39. The van der Waals surface area contributed by atoms with Crippen LogP contribution in [0.1, 0.15) is 19.6 Å². The minimum atomic E-state index is -1.08. The number of aliphatic hydroxyl groups excluding tert-OH is 2. The summed E-state index contributed by atoms with van der Waals surface area (Å²) >= 11 is 5.78. The Morgan fingerprint density at radius 1 is 1.40 bits per heavy atom. The van der Waals surface area contributed by atoms with Crippen LogP contribution >= 0.6 is 11.6 Å². The number of aliphatic hydroxyl groups is 2. The summed E-state index contributed by atoms with van der Waals surface area (Å²) in [6.45, 7) is 1.87. The number of hydrogen-bond donors (Lipinski definition) is 3. The third-order valence-electron chi connectivity index (χ3n) is 3.43. The maximum Gasteiger partial charge on any atom is 0.226 e. The van der Waals surface area contributed by atoms with Gasteiger partial charge in [0.15, 0.2) is 17.7 Å². The van der Waals surface area contributed by atoms with E-state index in [4.69, 9.17) is 22.1 Å². The van der Waals surface area contributed by atoms with Crippen LogP contribution in [0.4, 0.5) is 5.82 Å². The van der Waals surface area contributed by atoms with Crippen molar-refractivity contribution in [1.82, 2.24) is 19.5 Å². The molecular formula is C11H14ClN5O3. The molecule has 1 aliphatic rings. The Labute approximate surface area is 119 Å². The van der Waals surface area contributed by atoms with Crippen LogP contribution in [0, 0.1) is 0 Å². The number of aromatic nitrogens is 4. The third-order valence-corrected chi connectivity index (χ3v) is 3.60. The van der Waals surface area contributed by atoms with Gasteiger partial charge in [0.25, 0.3) is 0 Å². The zero-order chi connectivity index (χ0) is 14.4. The van der Waals surface area contributed by atoms with Crippen molar-refractivity contribution in [2.24, 2.45) is 0 Å². The molecule has 4 atom stereocenters. The van der Waals surface area contributed by atoms with Crippen LogP contribution in [0.15, 0.2) is 6.33 Å². The van der Waals surface area contributed by atoms with Gasteiger partial charge in [0.2, 0.25) is 5.28 Å². The average molecular weight is 300 g/mol. The first-order valence-corrected chi connectivity index (χ1v) is 6.58. The molecule has 0 aliphatic carbocycles. The van der Waals surface area contributed by atoms with Gasteiger partial charge in [-0.2, -0.15) is 9.97 Å². The lowest BCUT2D eigenvalue weighted by molar-refractivity contribution is -0.0355. The van der Waals surface area contributed by atoms with Crippen LogP contribution in [0.5, 0.6) is 0 Å². The first kappa shape index (κ1) is 13.5. The van der Waals surface area contributed by atoms with Crippen molar-refractivity contribution in [2.75, 3.05) is 5.73 Å². The monoisotopic (exact) mass is 299 g/mol. The SMILES string of the molecule is CCC1OC(n2cnc3c(N)nc(Cl)nc32)C(O)C1O. The van der Waals surface area contributed by atoms with Gasteiger partial charge in [-0.25, -0.2) is 4.98 Å². The summed E-state index contributed by atoms with van der Waals surface area (Å²) in [5, 5.41) is 20.0. The predicted molar refractivity (Wildman–Crippen MR) is 71.0 cm³/mol. The fraction of sp³-hybridized carbons (Fsp3) is 0.545. The van der Waals surface area contributed by atoms with Crippen molar-refractivity contribution < 1.29 is 14.9 Å². The van der Waals surface area contributed by atoms with Crippen LogP contribution in [-0.2, 0) is 4.74 Å². The summed E-state index contributed by atoms with van der Waals surface area (Å²) < 4.78 is 7.15. The van der Waals surface area contributed by atoms with E-state index in [1.54, 1.807) is 0 Å². The molecule has 4 unspecified atom stereocenters. The topological polar surface area (TPSA) is 119 Å². The van der Waals surface area contributed by atoms with E-state index in [0.717, 1.165) is 0 Å². The first-order chi connectivity index (χ1) is 9.52. The van der Waals surface area contributed by atoms with Crippen molar-refractivity contribution >= 4 is 28.6 Å². The molecule has 0 radical (unpaired) electrons. The number of anilines is 1. The highest BCUT2D eigenvalue weighted by Gasteiger charge is 2.43. The molecule has 0 saturated carbocycles. The molecule has 0 spiro atoms. The molecule has 2 aromatic rings. The maximum atomic E-state index is 10.1. The second-order valence-corrected chi connectivity index (χ2v) is 4.99. The lowest BCUT2D eigenvalue weighted by Gasteiger charge is -2.16. The minimum Gasteiger partial charge on any atom is -0.388 e. The second-order valence-electron chi connectivity index (χ2n) is 4.66. The van der Waals surface area contributed by atoms with Crippen LogP contribution in [0.2, 0.25) is 5.28 Å². The second kappa shape index (κ2) is 4.81. The summed E-state index contributed by atoms with van der Waals surface area (Å²) in [4.78, 5) is 12.0. The van der Waals surface area contributed by atoms with Crippen LogP contribution < -0.4 is 5.73 Å². The summed E-state index contributed by atoms with van der Waals surface area (Å²) in [6.07, 6.45) is -1.25. The zero-order valence-electron chi connectivity index (χ0n) is 10.6. The van der Waals surface area contributed by atoms with Gasteiger partial charge in [0.05, 0.1) is 12.4 Å². The molecule has 1 saturated heterocycles. The summed E-state index contributed by atoms with van der Waals surface area (Å²) in [7, 11) is 0. The van der Waals surface area contributed by atoms with Crippen molar-refractivity contribution in [3.05, 3.63) is 11.6 Å². The molecule has 3 heterocycles. The Bertz CT molecular complexity index is 648. The van der Waals surface area contributed by atoms with E-state index in [9.17, 15) is 10.2 Å². The van der Waals surface area contributed by atoms with Crippen molar-refractivity contribution in [3.8, 4) is 0 Å². The highest BCUT2D eigenvalue weighted by Crippen LogP contribution is 2.33. The van der Waals surface area contributed by atoms with Crippen molar-refractivity contribution in [2.45, 2.75) is 37.9 Å². The molecule has 20 heavy (non-hydrogen) atoms. The molecule has 0 amide bonds. The van der Waals surface area contributed by atoms with Crippen LogP contribution in [-0.4, -0.2) is 48.0 Å². The zero-order valence-corrected chi connectivity index (χ0v) is 11.4. The summed E-state index contributed by atoms with van der Waals surface area (Å²) in [5.74, 6) is 0.152. The molecule has 3 rings (SSSR count). The fourth-order valence-corrected chi connectivity index (χ4v) is 2.56. The van der Waals surface area contributed by atoms with Gasteiger partial charge in [-0.1, -0.05) is 6.92 Å². The molecule has 9 heteroatoms. The number of nitrogens with zero attached hydrogens (tertiary/aromatic N) is 4. The van der Waals surface area contributed by atoms with E-state index in [1.165, 1.54) is 10.9 Å². The highest BCUT2D eigenvalue weighted by molar-refractivity contribution is 6.28. The Balaban J connectivity index is 2.07. The molecule has 4 N–H and O–H groups in total. The maximum absolute atomic E-state index is 10.1. The number of halogens is 1. The van der Waals surface area contributed by atoms with Gasteiger partial charge in [0, 0.05) is 0 Å². The predicted octanol–water partition coefficient (Wildman–Crippen LogP) is 0.0911. The van der Waals surface area contributed by atoms with E-state index >= 15 is 0 Å². The number of nitrogen functional groups attached to an aromatic ring is 1. The molecular weight excluding hydrogens is 286 g/mol. The number of imidazole rings is 1. The van der Waals surface area contributed by atoms with E-state index in [2.05, 4.69) is 15.0 Å². The van der Waals surface area contributed by atoms with E-state index in [-0.39, 0.29) is 11.1 Å². The number of nitrogens with two attached hydrogens (primary N) is 1. The number of fused-ring (bicyclic) bond motifs is 1. The smallest absolute Gasteiger partial charge is 0.226 e. The van der Waals surface area contributed by atoms with Crippen molar-refractivity contribution in [1.29, 1.82) is 0 Å². The lowest BCUT2D eigenvalue weighted by atomic mass is 10.1. The average Bonchev–Trinajstić information content (AvgIpc) is 2.93. The minimum absolute atomic E-state index is 0.0168. The molecule has 8 nitrogen and oxygen atoms in total. The molecule has 1 aliphatic heterocycles. The van der Waals surface area contributed by atoms with Gasteiger partial charge in [-0.15, -0.1) is 0 Å². The molecule has 108 valence electrons. The third kappa shape index (κ3) is 1.92. The van der Waals surface area contributed by atoms with Crippen molar-refractivity contribution in [3.63, 3.8) is 0 Å². The van der Waals surface area contributed by atoms with Gasteiger partial charge in [0.1, 0.15) is 17.7 Å². The normalized spacial score (nSPS) is 30.2. The number of rotatable bonds is 2. The molecule has 0 aromatic carbocycles. The van der Waals surface area contributed by atoms with Gasteiger partial charge in [-0.05, 0) is 18.0 Å². The number of ether oxygens (including phenoxy) is 1. The lowest BCUT2D eigenvalue weighted by Crippen LogP contribution is -2.31. The Morgan fingerprint density at radius 2 is 2.15 bits per heavy atom. The Hall–Kier alpha value is -1.48. The highest BCUT2D eigenvalue weighted by atomic mass is 35.5. The van der Waals surface area contributed by atoms with E-state index in [1.807, 2.05) is 6.92 Å². The summed E-state index contributed by atoms with van der Waals surface area (Å²) in [6, 6.07) is 0. The standard InChI is InChI=1S/C11H14ClN5O3/c1-2-4-6(18)7(19)10(20-4)17-3-14-5-8(13)15-11(12)16-9(5)17/h3-4,6-7,10,18-19H,2H2,1H3,(H2,13,15,16). The quantitative estimate of drug-likeness (QED) is 0.672. The summed E-state index contributed by atoms with van der Waals surface area (Å²) in [5.41, 5.74) is 6.45. The van der Waals surface area contributed by atoms with Gasteiger partial charge >= 0.3 is 0 Å². The Kier molecular flexibility index (Phi) is 3.25. The van der Waals surface area contributed by atoms with Gasteiger partial charge in [-0.3, -0.25) is 4.57 Å². The van der Waals surface area contributed by atoms with E-state index in [0.29, 0.717) is 17.6 Å². The number of hydrogen-bond acceptors (Lipinski definition) is 7. The Morgan fingerprint density at radius 3 is 2.80 bits per heavy atom. The largest absolute Gasteiger partial charge is 0.388 e. The molecule has 1 fully saturated rings. The first-order valence-electron chi connectivity index (χ1n) is 6.20. The van der Waals surface area contributed by atoms with Crippen LogP contribution in [0.25, 0.3) is 11.2 Å². The van der Waals surface area contributed by atoms with E-state index < -0.39 is 24.5 Å². The molecule has 2 aromatic heterocycles. The molecule has 0 bridgehead atoms. The van der Waals surface area contributed by atoms with Crippen LogP contribution in [0.3, 0.4) is 0 Å².